The maximum atomic E-state index is 11.5. The molecule has 4 N–H and O–H groups in total. The average Bonchev–Trinajstić information content (AvgIpc) is 2.85. The first-order valence-electron chi connectivity index (χ1n) is 12.0. The molecule has 0 radical (unpaired) electrons. The van der Waals surface area contributed by atoms with Gasteiger partial charge in [0.1, 0.15) is 0 Å². The standard InChI is InChI=1S/C25H29N9O2/c1-17(35)26-19-5-3-7-21(15-19)28-23-30-24(29-22-8-4-6-20(16-22)27-18(2)36)32-25(31-23)34-12-9-33(10-13-34)11-14-34/h3-8,15-16H,9-14H2,1-2H3,(H3-,26,27,28,29,30,31,32,35,36)/p+1. The minimum Gasteiger partial charge on any atom is -0.326 e. The van der Waals surface area contributed by atoms with Crippen LogP contribution in [0.15, 0.2) is 48.5 Å². The Morgan fingerprint density at radius 2 is 1.17 bits per heavy atom. The third kappa shape index (κ3) is 5.42. The number of anilines is 6. The molecule has 0 saturated carbocycles. The number of amides is 2. The third-order valence-corrected chi connectivity index (χ3v) is 6.46. The Kier molecular flexibility index (Phi) is 6.49. The number of carbonyl (C=O) groups excluding carboxylic acids is 2. The Morgan fingerprint density at radius 1 is 0.722 bits per heavy atom. The maximum absolute atomic E-state index is 11.5. The number of hydrogen-bond acceptors (Lipinski definition) is 8. The molecule has 4 heterocycles. The van der Waals surface area contributed by atoms with Crippen molar-refractivity contribution < 1.29 is 9.59 Å². The summed E-state index contributed by atoms with van der Waals surface area (Å²) in [7, 11) is 0. The van der Waals surface area contributed by atoms with E-state index < -0.39 is 0 Å². The van der Waals surface area contributed by atoms with Crippen molar-refractivity contribution in [1.82, 2.24) is 24.3 Å². The molecule has 2 aromatic carbocycles. The molecule has 0 aliphatic carbocycles. The van der Waals surface area contributed by atoms with E-state index in [1.807, 2.05) is 48.5 Å². The van der Waals surface area contributed by atoms with Gasteiger partial charge in [0.25, 0.3) is 0 Å². The highest BCUT2D eigenvalue weighted by molar-refractivity contribution is 5.90. The lowest BCUT2D eigenvalue weighted by Gasteiger charge is -2.48. The molecular formula is C25H30N9O2+. The summed E-state index contributed by atoms with van der Waals surface area (Å²) in [4.78, 5) is 39.8. The zero-order chi connectivity index (χ0) is 25.1. The predicted molar refractivity (Wildman–Crippen MR) is 141 cm³/mol. The van der Waals surface area contributed by atoms with Crippen LogP contribution in [0.1, 0.15) is 13.8 Å². The van der Waals surface area contributed by atoms with Gasteiger partial charge in [-0.3, -0.25) is 19.0 Å². The van der Waals surface area contributed by atoms with Gasteiger partial charge in [-0.1, -0.05) is 12.1 Å². The fourth-order valence-corrected chi connectivity index (χ4v) is 4.67. The molecule has 11 heteroatoms. The van der Waals surface area contributed by atoms with Gasteiger partial charge in [0.15, 0.2) is 0 Å². The second kappa shape index (κ2) is 9.88. The molecule has 6 rings (SSSR count). The van der Waals surface area contributed by atoms with Crippen molar-refractivity contribution in [2.45, 2.75) is 13.8 Å². The van der Waals surface area contributed by atoms with Crippen molar-refractivity contribution in [3.05, 3.63) is 48.5 Å². The van der Waals surface area contributed by atoms with Gasteiger partial charge < -0.3 is 21.3 Å². The first-order chi connectivity index (χ1) is 17.4. The van der Waals surface area contributed by atoms with Crippen LogP contribution in [0.5, 0.6) is 0 Å². The van der Waals surface area contributed by atoms with Crippen molar-refractivity contribution in [3.8, 4) is 0 Å². The molecule has 36 heavy (non-hydrogen) atoms. The maximum Gasteiger partial charge on any atom is 0.335 e. The number of benzene rings is 2. The van der Waals surface area contributed by atoms with E-state index in [1.54, 1.807) is 0 Å². The molecule has 0 atom stereocenters. The zero-order valence-corrected chi connectivity index (χ0v) is 20.4. The zero-order valence-electron chi connectivity index (χ0n) is 20.4. The van der Waals surface area contributed by atoms with E-state index in [0.717, 1.165) is 61.1 Å². The summed E-state index contributed by atoms with van der Waals surface area (Å²) < 4.78 is 0.722. The molecule has 3 fully saturated rings. The number of piperazine rings is 3. The summed E-state index contributed by atoms with van der Waals surface area (Å²) in [6, 6.07) is 14.8. The topological polar surface area (TPSA) is 124 Å². The minimum atomic E-state index is -0.136. The first kappa shape index (κ1) is 23.6. The van der Waals surface area contributed by atoms with Crippen LogP contribution < -0.4 is 25.8 Å². The molecule has 0 spiro atoms. The van der Waals surface area contributed by atoms with Crippen LogP contribution in [0, 0.1) is 0 Å². The second-order valence-electron chi connectivity index (χ2n) is 9.21. The number of aromatic nitrogens is 3. The van der Waals surface area contributed by atoms with Gasteiger partial charge in [-0.25, -0.2) is 0 Å². The lowest BCUT2D eigenvalue weighted by Crippen LogP contribution is -2.69. The van der Waals surface area contributed by atoms with Crippen molar-refractivity contribution >= 4 is 52.4 Å². The summed E-state index contributed by atoms with van der Waals surface area (Å²) in [6.45, 7) is 8.89. The molecule has 2 bridgehead atoms. The molecule has 3 aliphatic rings. The number of carbonyl (C=O) groups is 2. The average molecular weight is 489 g/mol. The second-order valence-corrected chi connectivity index (χ2v) is 9.21. The monoisotopic (exact) mass is 488 g/mol. The summed E-state index contributed by atoms with van der Waals surface area (Å²) in [6.07, 6.45) is 0. The summed E-state index contributed by atoms with van der Waals surface area (Å²) >= 11 is 0. The smallest absolute Gasteiger partial charge is 0.326 e. The molecule has 1 aromatic heterocycles. The van der Waals surface area contributed by atoms with E-state index in [0.29, 0.717) is 23.3 Å². The van der Waals surface area contributed by atoms with Crippen molar-refractivity contribution in [3.63, 3.8) is 0 Å². The fourth-order valence-electron chi connectivity index (χ4n) is 4.67. The predicted octanol–water partition coefficient (Wildman–Crippen LogP) is 2.91. The Morgan fingerprint density at radius 3 is 1.61 bits per heavy atom. The molecule has 2 amide bonds. The SMILES string of the molecule is CC(=O)Nc1cccc(Nc2nc(Nc3cccc(NC(C)=O)c3)nc([N+]34CCN(CC3)CC4)n2)c1. The fraction of sp³-hybridized carbons (Fsp3) is 0.320. The van der Waals surface area contributed by atoms with Crippen LogP contribution in [0.25, 0.3) is 0 Å². The van der Waals surface area contributed by atoms with E-state index in [-0.39, 0.29) is 11.8 Å². The number of quaternary nitrogens is 1. The van der Waals surface area contributed by atoms with Crippen LogP contribution in [0.2, 0.25) is 0 Å². The van der Waals surface area contributed by atoms with E-state index in [1.165, 1.54) is 13.8 Å². The van der Waals surface area contributed by atoms with Crippen molar-refractivity contribution in [2.24, 2.45) is 0 Å². The van der Waals surface area contributed by atoms with E-state index in [2.05, 4.69) is 31.2 Å². The van der Waals surface area contributed by atoms with Gasteiger partial charge in [-0.15, -0.1) is 9.97 Å². The first-order valence-corrected chi connectivity index (χ1v) is 12.0. The summed E-state index contributed by atoms with van der Waals surface area (Å²) in [5.41, 5.74) is 2.87. The van der Waals surface area contributed by atoms with Crippen LogP contribution in [0.4, 0.5) is 40.6 Å². The lowest BCUT2D eigenvalue weighted by molar-refractivity contribution is -0.115. The Labute approximate surface area is 209 Å². The molecular weight excluding hydrogens is 458 g/mol. The number of fused-ring (bicyclic) bond motifs is 3. The van der Waals surface area contributed by atoms with Gasteiger partial charge >= 0.3 is 5.95 Å². The van der Waals surface area contributed by atoms with Crippen molar-refractivity contribution in [2.75, 3.05) is 60.5 Å². The number of nitrogens with zero attached hydrogens (tertiary/aromatic N) is 5. The highest BCUT2D eigenvalue weighted by Crippen LogP contribution is 2.29. The van der Waals surface area contributed by atoms with Crippen LogP contribution in [0.3, 0.4) is 0 Å². The summed E-state index contributed by atoms with van der Waals surface area (Å²) in [5.74, 6) is 1.29. The Balaban J connectivity index is 1.47. The molecule has 0 unspecified atom stereocenters. The Hall–Kier alpha value is -4.09. The number of hydrogen-bond donors (Lipinski definition) is 4. The van der Waals surface area contributed by atoms with E-state index in [9.17, 15) is 9.59 Å². The van der Waals surface area contributed by atoms with Crippen LogP contribution >= 0.6 is 0 Å². The summed E-state index contributed by atoms with van der Waals surface area (Å²) in [5, 5.41) is 12.2. The van der Waals surface area contributed by atoms with Gasteiger partial charge in [-0.05, 0) is 36.4 Å². The highest BCUT2D eigenvalue weighted by Gasteiger charge is 2.43. The van der Waals surface area contributed by atoms with Crippen LogP contribution in [-0.2, 0) is 9.59 Å². The van der Waals surface area contributed by atoms with Crippen LogP contribution in [-0.4, -0.2) is 70.9 Å². The van der Waals surface area contributed by atoms with Crippen molar-refractivity contribution in [1.29, 1.82) is 0 Å². The lowest BCUT2D eigenvalue weighted by atomic mass is 10.1. The largest absolute Gasteiger partial charge is 0.335 e. The number of nitrogens with one attached hydrogen (secondary N) is 4. The molecule has 11 nitrogen and oxygen atoms in total. The number of rotatable bonds is 7. The van der Waals surface area contributed by atoms with E-state index in [4.69, 9.17) is 9.97 Å². The van der Waals surface area contributed by atoms with Gasteiger partial charge in [0.05, 0.1) is 19.6 Å². The van der Waals surface area contributed by atoms with Gasteiger partial charge in [0.2, 0.25) is 23.7 Å². The third-order valence-electron chi connectivity index (χ3n) is 6.46. The van der Waals surface area contributed by atoms with Gasteiger partial charge in [-0.2, -0.15) is 4.98 Å². The van der Waals surface area contributed by atoms with E-state index >= 15 is 0 Å². The quantitative estimate of drug-likeness (QED) is 0.374. The van der Waals surface area contributed by atoms with Gasteiger partial charge in [0, 0.05) is 56.2 Å². The minimum absolute atomic E-state index is 0.136. The molecule has 186 valence electrons. The highest BCUT2D eigenvalue weighted by atomic mass is 16.2. The molecule has 3 saturated heterocycles. The molecule has 3 aromatic rings. The normalized spacial score (nSPS) is 20.4. The molecule has 3 aliphatic heterocycles. The Bertz CT molecular complexity index is 1190.